The molecule has 1 saturated heterocycles. The maximum atomic E-state index is 11.5. The van der Waals surface area contributed by atoms with E-state index >= 15 is 0 Å². The molecule has 0 saturated carbocycles. The van der Waals surface area contributed by atoms with Crippen molar-refractivity contribution in [1.82, 2.24) is 10.2 Å². The monoisotopic (exact) mass is 355 g/mol. The van der Waals surface area contributed by atoms with E-state index < -0.39 is 11.5 Å². The molecule has 3 atom stereocenters. The second-order valence-electron chi connectivity index (χ2n) is 7.11. The number of nitriles is 1. The molecule has 1 aliphatic rings. The Labute approximate surface area is 153 Å². The lowest BCUT2D eigenvalue weighted by atomic mass is 9.61. The minimum absolute atomic E-state index is 0.250. The van der Waals surface area contributed by atoms with E-state index in [2.05, 4.69) is 36.4 Å². The van der Waals surface area contributed by atoms with E-state index in [1.165, 1.54) is 0 Å². The van der Waals surface area contributed by atoms with Gasteiger partial charge in [0.2, 0.25) is 0 Å². The van der Waals surface area contributed by atoms with Crippen molar-refractivity contribution in [2.24, 2.45) is 5.92 Å². The van der Waals surface area contributed by atoms with Crippen molar-refractivity contribution >= 4 is 11.3 Å². The van der Waals surface area contributed by atoms with Gasteiger partial charge in [-0.2, -0.15) is 16.6 Å². The van der Waals surface area contributed by atoms with Gasteiger partial charge in [-0.1, -0.05) is 12.1 Å². The molecule has 132 valence electrons. The van der Waals surface area contributed by atoms with Gasteiger partial charge in [0.25, 0.3) is 0 Å². The molecule has 25 heavy (non-hydrogen) atoms. The highest BCUT2D eigenvalue weighted by Gasteiger charge is 2.48. The molecule has 1 aromatic heterocycles. The average molecular weight is 356 g/mol. The minimum atomic E-state index is -0.584. The van der Waals surface area contributed by atoms with E-state index in [-0.39, 0.29) is 5.92 Å². The second-order valence-corrected chi connectivity index (χ2v) is 7.89. The largest absolute Gasteiger partial charge is 0.387 e. The predicted octanol–water partition coefficient (Wildman–Crippen LogP) is 2.76. The molecule has 2 N–H and O–H groups in total. The van der Waals surface area contributed by atoms with E-state index in [1.807, 2.05) is 35.0 Å². The summed E-state index contributed by atoms with van der Waals surface area (Å²) in [6.45, 7) is 2.60. The highest BCUT2D eigenvalue weighted by atomic mass is 32.1. The first kappa shape index (κ1) is 18.1. The van der Waals surface area contributed by atoms with Gasteiger partial charge in [-0.25, -0.2) is 0 Å². The van der Waals surface area contributed by atoms with E-state index in [0.717, 1.165) is 37.2 Å². The van der Waals surface area contributed by atoms with Crippen LogP contribution in [0.3, 0.4) is 0 Å². The Morgan fingerprint density at radius 2 is 2.28 bits per heavy atom. The Hall–Kier alpha value is -1.71. The van der Waals surface area contributed by atoms with Gasteiger partial charge in [-0.05, 0) is 73.1 Å². The lowest BCUT2D eigenvalue weighted by molar-refractivity contribution is 0.0103. The Morgan fingerprint density at radius 1 is 1.44 bits per heavy atom. The smallest absolute Gasteiger partial charge is 0.0991 e. The Morgan fingerprint density at radius 3 is 2.96 bits per heavy atom. The molecule has 1 aromatic carbocycles. The summed E-state index contributed by atoms with van der Waals surface area (Å²) in [6, 6.07) is 12.1. The van der Waals surface area contributed by atoms with Crippen LogP contribution in [0.5, 0.6) is 0 Å². The summed E-state index contributed by atoms with van der Waals surface area (Å²) >= 11 is 1.61. The third-order valence-electron chi connectivity index (χ3n) is 5.30. The molecule has 0 bridgehead atoms. The van der Waals surface area contributed by atoms with Gasteiger partial charge in [-0.15, -0.1) is 0 Å². The van der Waals surface area contributed by atoms with E-state index in [9.17, 15) is 10.4 Å². The van der Waals surface area contributed by atoms with Crippen molar-refractivity contribution in [2.75, 3.05) is 33.7 Å². The van der Waals surface area contributed by atoms with Crippen LogP contribution in [-0.2, 0) is 5.41 Å². The van der Waals surface area contributed by atoms with Gasteiger partial charge >= 0.3 is 0 Å². The number of aliphatic hydroxyl groups excluding tert-OH is 1. The SMILES string of the molecule is CN(C)CC1CNCCC1(c1cccc(C#N)c1)C(O)c1ccsc1. The summed E-state index contributed by atoms with van der Waals surface area (Å²) in [4.78, 5) is 2.18. The van der Waals surface area contributed by atoms with Gasteiger partial charge in [0.05, 0.1) is 17.7 Å². The van der Waals surface area contributed by atoms with Crippen molar-refractivity contribution in [3.05, 3.63) is 57.8 Å². The molecule has 3 unspecified atom stereocenters. The summed E-state index contributed by atoms with van der Waals surface area (Å²) in [5.74, 6) is 0.250. The minimum Gasteiger partial charge on any atom is -0.387 e. The first-order valence-electron chi connectivity index (χ1n) is 8.64. The molecule has 3 rings (SSSR count). The number of benzene rings is 1. The maximum Gasteiger partial charge on any atom is 0.0991 e. The van der Waals surface area contributed by atoms with Crippen LogP contribution in [0.2, 0.25) is 0 Å². The van der Waals surface area contributed by atoms with E-state index in [0.29, 0.717) is 5.56 Å². The molecule has 2 aromatic rings. The fourth-order valence-corrected chi connectivity index (χ4v) is 4.81. The fourth-order valence-electron chi connectivity index (χ4n) is 4.13. The van der Waals surface area contributed by atoms with Crippen LogP contribution in [0, 0.1) is 17.2 Å². The van der Waals surface area contributed by atoms with Gasteiger partial charge in [0, 0.05) is 18.5 Å². The molecule has 0 aliphatic carbocycles. The molecule has 0 radical (unpaired) electrons. The number of hydrogen-bond donors (Lipinski definition) is 2. The number of piperidine rings is 1. The number of nitrogens with one attached hydrogen (secondary N) is 1. The second kappa shape index (κ2) is 7.67. The maximum absolute atomic E-state index is 11.5. The zero-order chi connectivity index (χ0) is 17.9. The van der Waals surface area contributed by atoms with Gasteiger partial charge in [-0.3, -0.25) is 0 Å². The molecule has 0 amide bonds. The third kappa shape index (κ3) is 3.49. The van der Waals surface area contributed by atoms with Crippen molar-refractivity contribution in [2.45, 2.75) is 17.9 Å². The Balaban J connectivity index is 2.14. The first-order valence-corrected chi connectivity index (χ1v) is 9.58. The normalized spacial score (nSPS) is 24.8. The lowest BCUT2D eigenvalue weighted by Crippen LogP contribution is -2.54. The number of nitrogens with zero attached hydrogens (tertiary/aromatic N) is 2. The van der Waals surface area contributed by atoms with Crippen LogP contribution in [0.15, 0.2) is 41.1 Å². The van der Waals surface area contributed by atoms with Crippen LogP contribution in [-0.4, -0.2) is 43.7 Å². The van der Waals surface area contributed by atoms with Crippen LogP contribution in [0.4, 0.5) is 0 Å². The zero-order valence-corrected chi connectivity index (χ0v) is 15.6. The highest BCUT2D eigenvalue weighted by molar-refractivity contribution is 7.07. The van der Waals surface area contributed by atoms with Crippen molar-refractivity contribution in [3.63, 3.8) is 0 Å². The molecule has 2 heterocycles. The molecule has 0 spiro atoms. The topological polar surface area (TPSA) is 59.3 Å². The predicted molar refractivity (Wildman–Crippen MR) is 102 cm³/mol. The van der Waals surface area contributed by atoms with Gasteiger partial charge < -0.3 is 15.3 Å². The number of hydrogen-bond acceptors (Lipinski definition) is 5. The number of thiophene rings is 1. The lowest BCUT2D eigenvalue weighted by Gasteiger charge is -2.49. The van der Waals surface area contributed by atoms with E-state index in [1.54, 1.807) is 11.3 Å². The van der Waals surface area contributed by atoms with E-state index in [4.69, 9.17) is 0 Å². The third-order valence-corrected chi connectivity index (χ3v) is 6.00. The van der Waals surface area contributed by atoms with Crippen molar-refractivity contribution in [3.8, 4) is 6.07 Å². The zero-order valence-electron chi connectivity index (χ0n) is 14.8. The first-order chi connectivity index (χ1) is 12.1. The van der Waals surface area contributed by atoms with Crippen molar-refractivity contribution in [1.29, 1.82) is 5.26 Å². The molecule has 4 nitrogen and oxygen atoms in total. The average Bonchev–Trinajstić information content (AvgIpc) is 3.16. The summed E-state index contributed by atoms with van der Waals surface area (Å²) in [5, 5.41) is 28.4. The summed E-state index contributed by atoms with van der Waals surface area (Å²) in [5.41, 5.74) is 2.29. The van der Waals surface area contributed by atoms with Gasteiger partial charge in [0.15, 0.2) is 0 Å². The summed E-state index contributed by atoms with van der Waals surface area (Å²) in [7, 11) is 4.14. The highest BCUT2D eigenvalue weighted by Crippen LogP contribution is 2.48. The van der Waals surface area contributed by atoms with Crippen LogP contribution >= 0.6 is 11.3 Å². The van der Waals surface area contributed by atoms with Crippen LogP contribution in [0.25, 0.3) is 0 Å². The molecule has 1 aliphatic heterocycles. The molecule has 1 fully saturated rings. The Bertz CT molecular complexity index is 738. The quantitative estimate of drug-likeness (QED) is 0.866. The standard InChI is InChI=1S/C20H25N3OS/c1-23(2)13-18-12-22-8-7-20(18,19(24)16-6-9-25-14-16)17-5-3-4-15(10-17)11-21/h3-6,9-10,14,18-19,22,24H,7-8,12-13H2,1-2H3. The fraction of sp³-hybridized carbons (Fsp3) is 0.450. The summed E-state index contributed by atoms with van der Waals surface area (Å²) < 4.78 is 0. The molecular weight excluding hydrogens is 330 g/mol. The molecule has 5 heteroatoms. The Kier molecular flexibility index (Phi) is 5.55. The number of aliphatic hydroxyl groups is 1. The van der Waals surface area contributed by atoms with Gasteiger partial charge in [0.1, 0.15) is 0 Å². The van der Waals surface area contributed by atoms with Crippen LogP contribution < -0.4 is 5.32 Å². The number of rotatable bonds is 5. The molecular formula is C20H25N3OS. The van der Waals surface area contributed by atoms with Crippen LogP contribution in [0.1, 0.15) is 29.2 Å². The van der Waals surface area contributed by atoms with Crippen molar-refractivity contribution < 1.29 is 5.11 Å². The summed E-state index contributed by atoms with van der Waals surface area (Å²) in [6.07, 6.45) is 0.261.